The molecule has 6 nitrogen and oxygen atoms in total. The molecule has 1 aromatic heterocycles. The van der Waals surface area contributed by atoms with Gasteiger partial charge < -0.3 is 10.3 Å². The number of carbonyl (C=O) groups is 2. The van der Waals surface area contributed by atoms with Crippen molar-refractivity contribution in [3.05, 3.63) is 71.9 Å². The lowest BCUT2D eigenvalue weighted by molar-refractivity contribution is -0.122. The van der Waals surface area contributed by atoms with E-state index < -0.39 is 6.04 Å². The van der Waals surface area contributed by atoms with Gasteiger partial charge in [-0.3, -0.25) is 9.59 Å². The third-order valence-electron chi connectivity index (χ3n) is 3.78. The first-order chi connectivity index (χ1) is 12.1. The normalized spacial score (nSPS) is 12.2. The molecule has 126 valence electrons. The highest BCUT2D eigenvalue weighted by Crippen LogP contribution is 2.15. The fourth-order valence-electron chi connectivity index (χ4n) is 2.40. The third kappa shape index (κ3) is 3.92. The van der Waals surface area contributed by atoms with E-state index in [1.54, 1.807) is 37.4 Å². The number of hydrogen-bond donors (Lipinski definition) is 3. The summed E-state index contributed by atoms with van der Waals surface area (Å²) in [4.78, 5) is 27.2. The van der Waals surface area contributed by atoms with Gasteiger partial charge in [0.05, 0.1) is 6.21 Å². The lowest BCUT2D eigenvalue weighted by Crippen LogP contribution is -2.43. The first-order valence-corrected chi connectivity index (χ1v) is 7.90. The highest BCUT2D eigenvalue weighted by atomic mass is 16.2. The van der Waals surface area contributed by atoms with Crippen molar-refractivity contribution in [1.29, 1.82) is 0 Å². The summed E-state index contributed by atoms with van der Waals surface area (Å²) in [5, 5.41) is 7.63. The number of H-pyrrole nitrogens is 1. The maximum atomic E-state index is 12.1. The van der Waals surface area contributed by atoms with Crippen LogP contribution in [0.3, 0.4) is 0 Å². The smallest absolute Gasteiger partial charge is 0.262 e. The second kappa shape index (κ2) is 7.44. The topological polar surface area (TPSA) is 86.3 Å². The SMILES string of the molecule is CC(NC(=O)c1ccccc1)C(=O)N/N=C/c1c[nH]c2ccccc12. The van der Waals surface area contributed by atoms with Gasteiger partial charge in [0, 0.05) is 28.2 Å². The number of aromatic nitrogens is 1. The molecule has 0 saturated heterocycles. The molecule has 0 bridgehead atoms. The number of hydrogen-bond acceptors (Lipinski definition) is 3. The Morgan fingerprint density at radius 2 is 1.80 bits per heavy atom. The van der Waals surface area contributed by atoms with Gasteiger partial charge in [-0.25, -0.2) is 5.43 Å². The Labute approximate surface area is 144 Å². The van der Waals surface area contributed by atoms with Gasteiger partial charge in [0.1, 0.15) is 6.04 Å². The summed E-state index contributed by atoms with van der Waals surface area (Å²) >= 11 is 0. The van der Waals surface area contributed by atoms with Crippen LogP contribution in [0.1, 0.15) is 22.8 Å². The molecule has 0 aliphatic rings. The molecule has 1 atom stereocenters. The van der Waals surface area contributed by atoms with Gasteiger partial charge in [0.2, 0.25) is 0 Å². The molecule has 0 aliphatic heterocycles. The van der Waals surface area contributed by atoms with Crippen molar-refractivity contribution >= 4 is 28.9 Å². The Morgan fingerprint density at radius 1 is 1.08 bits per heavy atom. The van der Waals surface area contributed by atoms with Gasteiger partial charge in [0.25, 0.3) is 11.8 Å². The van der Waals surface area contributed by atoms with Crippen LogP contribution in [0.15, 0.2) is 65.9 Å². The summed E-state index contributed by atoms with van der Waals surface area (Å²) in [6.45, 7) is 1.61. The number of rotatable bonds is 5. The summed E-state index contributed by atoms with van der Waals surface area (Å²) < 4.78 is 0. The molecule has 0 spiro atoms. The lowest BCUT2D eigenvalue weighted by atomic mass is 10.2. The number of benzene rings is 2. The van der Waals surface area contributed by atoms with E-state index in [9.17, 15) is 9.59 Å². The number of nitrogens with zero attached hydrogens (tertiary/aromatic N) is 1. The van der Waals surface area contributed by atoms with Gasteiger partial charge in [-0.2, -0.15) is 5.10 Å². The third-order valence-corrected chi connectivity index (χ3v) is 3.78. The summed E-state index contributed by atoms with van der Waals surface area (Å²) in [5.74, 6) is -0.691. The molecular weight excluding hydrogens is 316 g/mol. The molecule has 25 heavy (non-hydrogen) atoms. The first-order valence-electron chi connectivity index (χ1n) is 7.90. The van der Waals surface area contributed by atoms with E-state index >= 15 is 0 Å². The summed E-state index contributed by atoms with van der Waals surface area (Å²) in [5.41, 5.74) is 4.82. The second-order valence-electron chi connectivity index (χ2n) is 5.59. The average molecular weight is 334 g/mol. The minimum Gasteiger partial charge on any atom is -0.361 e. The largest absolute Gasteiger partial charge is 0.361 e. The fraction of sp³-hybridized carbons (Fsp3) is 0.105. The number of para-hydroxylation sites is 1. The second-order valence-corrected chi connectivity index (χ2v) is 5.59. The minimum absolute atomic E-state index is 0.302. The predicted molar refractivity (Wildman–Crippen MR) is 97.4 cm³/mol. The monoisotopic (exact) mass is 334 g/mol. The standard InChI is InChI=1S/C19H18N4O2/c1-13(22-19(25)14-7-3-2-4-8-14)18(24)23-21-12-15-11-20-17-10-6-5-9-16(15)17/h2-13,20H,1H3,(H,22,25)(H,23,24)/b21-12+. The summed E-state index contributed by atoms with van der Waals surface area (Å²) in [6.07, 6.45) is 3.39. The molecule has 2 amide bonds. The van der Waals surface area contributed by atoms with E-state index in [0.29, 0.717) is 5.56 Å². The van der Waals surface area contributed by atoms with Crippen molar-refractivity contribution in [2.75, 3.05) is 0 Å². The Morgan fingerprint density at radius 3 is 2.60 bits per heavy atom. The van der Waals surface area contributed by atoms with E-state index in [0.717, 1.165) is 16.5 Å². The van der Waals surface area contributed by atoms with Crippen molar-refractivity contribution in [2.45, 2.75) is 13.0 Å². The number of hydrazone groups is 1. The molecule has 0 fully saturated rings. The maximum Gasteiger partial charge on any atom is 0.262 e. The van der Waals surface area contributed by atoms with Crippen molar-refractivity contribution in [3.8, 4) is 0 Å². The van der Waals surface area contributed by atoms with Crippen LogP contribution in [-0.2, 0) is 4.79 Å². The number of aromatic amines is 1. The van der Waals surface area contributed by atoms with Crippen molar-refractivity contribution in [2.24, 2.45) is 5.10 Å². The first kappa shape index (κ1) is 16.4. The molecule has 0 saturated carbocycles. The van der Waals surface area contributed by atoms with Crippen molar-refractivity contribution < 1.29 is 9.59 Å². The molecule has 1 unspecified atom stereocenters. The Balaban J connectivity index is 1.57. The van der Waals surface area contributed by atoms with E-state index in [1.165, 1.54) is 0 Å². The van der Waals surface area contributed by atoms with Crippen LogP contribution >= 0.6 is 0 Å². The van der Waals surface area contributed by atoms with Crippen LogP contribution in [0.4, 0.5) is 0 Å². The lowest BCUT2D eigenvalue weighted by Gasteiger charge is -2.11. The van der Waals surface area contributed by atoms with Crippen LogP contribution in [0.25, 0.3) is 10.9 Å². The predicted octanol–water partition coefficient (Wildman–Crippen LogP) is 2.44. The average Bonchev–Trinajstić information content (AvgIpc) is 3.05. The van der Waals surface area contributed by atoms with E-state index in [-0.39, 0.29) is 11.8 Å². The Hall–Kier alpha value is -3.41. The van der Waals surface area contributed by atoms with Crippen LogP contribution in [0, 0.1) is 0 Å². The molecule has 3 rings (SSSR count). The van der Waals surface area contributed by atoms with Crippen LogP contribution in [-0.4, -0.2) is 29.1 Å². The highest BCUT2D eigenvalue weighted by molar-refractivity contribution is 6.00. The van der Waals surface area contributed by atoms with Crippen molar-refractivity contribution in [1.82, 2.24) is 15.7 Å². The van der Waals surface area contributed by atoms with E-state index in [4.69, 9.17) is 0 Å². The molecule has 0 radical (unpaired) electrons. The van der Waals surface area contributed by atoms with Gasteiger partial charge in [0.15, 0.2) is 0 Å². The summed E-state index contributed by atoms with van der Waals surface area (Å²) in [6, 6.07) is 15.9. The van der Waals surface area contributed by atoms with Crippen LogP contribution in [0.5, 0.6) is 0 Å². The maximum absolute atomic E-state index is 12.1. The Bertz CT molecular complexity index is 915. The van der Waals surface area contributed by atoms with E-state index in [1.807, 2.05) is 36.5 Å². The number of carbonyl (C=O) groups excluding carboxylic acids is 2. The molecule has 3 N–H and O–H groups in total. The van der Waals surface area contributed by atoms with Crippen molar-refractivity contribution in [3.63, 3.8) is 0 Å². The zero-order valence-corrected chi connectivity index (χ0v) is 13.7. The minimum atomic E-state index is -0.701. The molecule has 1 heterocycles. The van der Waals surface area contributed by atoms with Gasteiger partial charge in [-0.1, -0.05) is 36.4 Å². The highest BCUT2D eigenvalue weighted by Gasteiger charge is 2.15. The Kier molecular flexibility index (Phi) is 4.89. The number of amides is 2. The van der Waals surface area contributed by atoms with Gasteiger partial charge in [-0.15, -0.1) is 0 Å². The molecule has 0 aliphatic carbocycles. The number of nitrogens with one attached hydrogen (secondary N) is 3. The molecular formula is C19H18N4O2. The molecule has 6 heteroatoms. The van der Waals surface area contributed by atoms with Gasteiger partial charge >= 0.3 is 0 Å². The van der Waals surface area contributed by atoms with Crippen LogP contribution < -0.4 is 10.7 Å². The zero-order chi connectivity index (χ0) is 17.6. The summed E-state index contributed by atoms with van der Waals surface area (Å²) in [7, 11) is 0. The number of fused-ring (bicyclic) bond motifs is 1. The zero-order valence-electron chi connectivity index (χ0n) is 13.7. The fourth-order valence-corrected chi connectivity index (χ4v) is 2.40. The quantitative estimate of drug-likeness (QED) is 0.494. The van der Waals surface area contributed by atoms with E-state index in [2.05, 4.69) is 20.8 Å². The van der Waals surface area contributed by atoms with Gasteiger partial charge in [-0.05, 0) is 25.1 Å². The molecule has 2 aromatic carbocycles. The molecule has 3 aromatic rings. The van der Waals surface area contributed by atoms with Crippen LogP contribution in [0.2, 0.25) is 0 Å².